The van der Waals surface area contributed by atoms with E-state index in [4.69, 9.17) is 10.5 Å². The first-order chi connectivity index (χ1) is 9.11. The Morgan fingerprint density at radius 3 is 2.21 bits per heavy atom. The molecule has 1 saturated carbocycles. The molecule has 0 spiro atoms. The number of nitrogens with two attached hydrogens (primary N) is 1. The van der Waals surface area contributed by atoms with Crippen LogP contribution in [0.1, 0.15) is 44.1 Å². The molecule has 0 aliphatic heterocycles. The lowest BCUT2D eigenvalue weighted by Crippen LogP contribution is -2.44. The van der Waals surface area contributed by atoms with E-state index in [9.17, 15) is 8.78 Å². The van der Waals surface area contributed by atoms with Gasteiger partial charge in [-0.3, -0.25) is 0 Å². The lowest BCUT2D eigenvalue weighted by Gasteiger charge is -2.27. The normalized spacial score (nSPS) is 19.1. The first kappa shape index (κ1) is 14.4. The Balaban J connectivity index is 1.89. The van der Waals surface area contributed by atoms with E-state index in [0.717, 1.165) is 25.7 Å². The minimum absolute atomic E-state index is 0.0141. The van der Waals surface area contributed by atoms with E-state index in [0.29, 0.717) is 6.61 Å². The molecule has 2 nitrogen and oxygen atoms in total. The highest BCUT2D eigenvalue weighted by Gasteiger charge is 2.26. The summed E-state index contributed by atoms with van der Waals surface area (Å²) in [6, 6.07) is 3.83. The van der Waals surface area contributed by atoms with Crippen LogP contribution in [0.5, 0.6) is 0 Å². The third-order valence-corrected chi connectivity index (χ3v) is 3.80. The number of hydrogen-bond donors (Lipinski definition) is 1. The van der Waals surface area contributed by atoms with Crippen LogP contribution in [-0.2, 0) is 11.3 Å². The highest BCUT2D eigenvalue weighted by molar-refractivity contribution is 5.18. The Bertz CT molecular complexity index is 394. The quantitative estimate of drug-likeness (QED) is 0.849. The van der Waals surface area contributed by atoms with Gasteiger partial charge < -0.3 is 10.5 Å². The summed E-state index contributed by atoms with van der Waals surface area (Å²) in [5, 5.41) is 0. The Labute approximate surface area is 112 Å². The second-order valence-electron chi connectivity index (χ2n) is 5.47. The van der Waals surface area contributed by atoms with E-state index >= 15 is 0 Å². The molecule has 0 unspecified atom stereocenters. The zero-order valence-electron chi connectivity index (χ0n) is 11.1. The molecule has 4 heteroatoms. The fraction of sp³-hybridized carbons (Fsp3) is 0.600. The summed E-state index contributed by atoms with van der Waals surface area (Å²) in [5.74, 6) is -1.13. The van der Waals surface area contributed by atoms with Gasteiger partial charge in [0.1, 0.15) is 11.6 Å². The molecular formula is C15H21F2NO. The molecule has 106 valence electrons. The molecule has 0 amide bonds. The third-order valence-electron chi connectivity index (χ3n) is 3.80. The summed E-state index contributed by atoms with van der Waals surface area (Å²) >= 11 is 0. The van der Waals surface area contributed by atoms with E-state index in [1.165, 1.54) is 31.0 Å². The zero-order valence-corrected chi connectivity index (χ0v) is 11.1. The maximum Gasteiger partial charge on any atom is 0.131 e. The van der Waals surface area contributed by atoms with Crippen molar-refractivity contribution in [1.29, 1.82) is 0 Å². The molecule has 0 saturated heterocycles. The van der Waals surface area contributed by atoms with E-state index in [-0.39, 0.29) is 17.7 Å². The summed E-state index contributed by atoms with van der Waals surface area (Å²) < 4.78 is 32.3. The van der Waals surface area contributed by atoms with Crippen molar-refractivity contribution in [3.05, 3.63) is 35.4 Å². The molecule has 1 aliphatic carbocycles. The second-order valence-corrected chi connectivity index (χ2v) is 5.47. The molecule has 0 aromatic heterocycles. The van der Waals surface area contributed by atoms with E-state index in [1.807, 2.05) is 0 Å². The average Bonchev–Trinajstić information content (AvgIpc) is 2.58. The summed E-state index contributed by atoms with van der Waals surface area (Å²) in [5.41, 5.74) is 5.94. The second kappa shape index (κ2) is 6.44. The molecule has 2 N–H and O–H groups in total. The first-order valence-electron chi connectivity index (χ1n) is 6.90. The maximum absolute atomic E-state index is 13.4. The van der Waals surface area contributed by atoms with Gasteiger partial charge in [0.2, 0.25) is 0 Å². The van der Waals surface area contributed by atoms with Gasteiger partial charge in [-0.15, -0.1) is 0 Å². The highest BCUT2D eigenvalue weighted by atomic mass is 19.1. The largest absolute Gasteiger partial charge is 0.375 e. The van der Waals surface area contributed by atoms with Crippen molar-refractivity contribution in [1.82, 2.24) is 0 Å². The van der Waals surface area contributed by atoms with E-state index in [1.54, 1.807) is 0 Å². The molecule has 0 atom stereocenters. The minimum Gasteiger partial charge on any atom is -0.375 e. The monoisotopic (exact) mass is 269 g/mol. The topological polar surface area (TPSA) is 35.2 Å². The van der Waals surface area contributed by atoms with Gasteiger partial charge in [-0.1, -0.05) is 31.7 Å². The van der Waals surface area contributed by atoms with Crippen LogP contribution in [0, 0.1) is 11.6 Å². The summed E-state index contributed by atoms with van der Waals surface area (Å²) in [6.07, 6.45) is 6.48. The van der Waals surface area contributed by atoms with Crippen LogP contribution in [0.3, 0.4) is 0 Å². The highest BCUT2D eigenvalue weighted by Crippen LogP contribution is 2.25. The molecule has 0 heterocycles. The van der Waals surface area contributed by atoms with Gasteiger partial charge in [0, 0.05) is 11.1 Å². The smallest absolute Gasteiger partial charge is 0.131 e. The predicted octanol–water partition coefficient (Wildman–Crippen LogP) is 3.53. The summed E-state index contributed by atoms with van der Waals surface area (Å²) in [6.45, 7) is 0.304. The lowest BCUT2D eigenvalue weighted by molar-refractivity contribution is 0.0634. The standard InChI is InChI=1S/C15H21F2NO/c16-13-6-5-7-14(17)12(13)10-19-11-15(18)8-3-1-2-4-9-15/h5-7H,1-4,8-11,18H2. The molecule has 1 aromatic carbocycles. The fourth-order valence-electron chi connectivity index (χ4n) is 2.60. The van der Waals surface area contributed by atoms with Gasteiger partial charge >= 0.3 is 0 Å². The molecule has 1 aromatic rings. The van der Waals surface area contributed by atoms with Crippen molar-refractivity contribution < 1.29 is 13.5 Å². The van der Waals surface area contributed by atoms with E-state index < -0.39 is 11.6 Å². The van der Waals surface area contributed by atoms with Crippen molar-refractivity contribution in [3.8, 4) is 0 Å². The average molecular weight is 269 g/mol. The Kier molecular flexibility index (Phi) is 4.88. The van der Waals surface area contributed by atoms with Crippen LogP contribution in [0.2, 0.25) is 0 Å². The molecular weight excluding hydrogens is 248 g/mol. The van der Waals surface area contributed by atoms with Crippen LogP contribution < -0.4 is 5.73 Å². The Morgan fingerprint density at radius 1 is 1.05 bits per heavy atom. The van der Waals surface area contributed by atoms with Crippen molar-refractivity contribution in [3.63, 3.8) is 0 Å². The number of ether oxygens (including phenoxy) is 1. The van der Waals surface area contributed by atoms with Gasteiger partial charge in [-0.25, -0.2) is 8.78 Å². The molecule has 0 bridgehead atoms. The maximum atomic E-state index is 13.4. The van der Waals surface area contributed by atoms with Crippen molar-refractivity contribution >= 4 is 0 Å². The lowest BCUT2D eigenvalue weighted by atomic mass is 9.92. The molecule has 2 rings (SSSR count). The summed E-state index contributed by atoms with van der Waals surface area (Å²) in [7, 11) is 0. The molecule has 1 aliphatic rings. The number of hydrogen-bond acceptors (Lipinski definition) is 2. The van der Waals surface area contributed by atoms with Crippen LogP contribution in [0.15, 0.2) is 18.2 Å². The van der Waals surface area contributed by atoms with Crippen LogP contribution in [0.4, 0.5) is 8.78 Å². The van der Waals surface area contributed by atoms with Gasteiger partial charge in [0.25, 0.3) is 0 Å². The van der Waals surface area contributed by atoms with Crippen molar-refractivity contribution in [2.75, 3.05) is 6.61 Å². The number of halogens is 2. The summed E-state index contributed by atoms with van der Waals surface area (Å²) in [4.78, 5) is 0. The predicted molar refractivity (Wildman–Crippen MR) is 70.6 cm³/mol. The number of rotatable bonds is 4. The van der Waals surface area contributed by atoms with Crippen LogP contribution in [0.25, 0.3) is 0 Å². The third kappa shape index (κ3) is 3.98. The van der Waals surface area contributed by atoms with Gasteiger partial charge in [-0.05, 0) is 25.0 Å². The van der Waals surface area contributed by atoms with Gasteiger partial charge in [-0.2, -0.15) is 0 Å². The van der Waals surface area contributed by atoms with Crippen LogP contribution >= 0.6 is 0 Å². The van der Waals surface area contributed by atoms with Gasteiger partial charge in [0.05, 0.1) is 13.2 Å². The molecule has 1 fully saturated rings. The molecule has 0 radical (unpaired) electrons. The molecule has 19 heavy (non-hydrogen) atoms. The van der Waals surface area contributed by atoms with Crippen LogP contribution in [-0.4, -0.2) is 12.1 Å². The Morgan fingerprint density at radius 2 is 1.63 bits per heavy atom. The zero-order chi connectivity index (χ0) is 13.7. The first-order valence-corrected chi connectivity index (χ1v) is 6.90. The van der Waals surface area contributed by atoms with Crippen molar-refractivity contribution in [2.45, 2.75) is 50.7 Å². The van der Waals surface area contributed by atoms with E-state index in [2.05, 4.69) is 0 Å². The Hall–Kier alpha value is -1.00. The van der Waals surface area contributed by atoms with Gasteiger partial charge in [0.15, 0.2) is 0 Å². The van der Waals surface area contributed by atoms with Crippen molar-refractivity contribution in [2.24, 2.45) is 5.73 Å². The minimum atomic E-state index is -0.563. The fourth-order valence-corrected chi connectivity index (χ4v) is 2.60. The SMILES string of the molecule is NC1(COCc2c(F)cccc2F)CCCCCC1. The number of benzene rings is 1.